The predicted molar refractivity (Wildman–Crippen MR) is 131 cm³/mol. The van der Waals surface area contributed by atoms with Gasteiger partial charge in [0.05, 0.1) is 26.8 Å². The molecular weight excluding hydrogens is 493 g/mol. The van der Waals surface area contributed by atoms with Gasteiger partial charge in [-0.2, -0.15) is 0 Å². The number of nitrogens with zero attached hydrogens (tertiary/aromatic N) is 1. The number of nitrogens with one attached hydrogen (secondary N) is 2. The van der Waals surface area contributed by atoms with Gasteiger partial charge in [0.15, 0.2) is 17.5 Å². The fourth-order valence-corrected chi connectivity index (χ4v) is 3.57. The number of guanidine groups is 1. The van der Waals surface area contributed by atoms with Gasteiger partial charge >= 0.3 is 0 Å². The van der Waals surface area contributed by atoms with Crippen molar-refractivity contribution in [2.45, 2.75) is 45.4 Å². The first-order valence-electron chi connectivity index (χ1n) is 9.99. The van der Waals surface area contributed by atoms with E-state index in [2.05, 4.69) is 37.5 Å². The lowest BCUT2D eigenvalue weighted by molar-refractivity contribution is 0.0694. The van der Waals surface area contributed by atoms with E-state index < -0.39 is 0 Å². The summed E-state index contributed by atoms with van der Waals surface area (Å²) in [7, 11) is 3.27. The van der Waals surface area contributed by atoms with E-state index in [1.807, 2.05) is 36.4 Å². The molecule has 0 amide bonds. The number of methoxy groups -OCH3 is 2. The van der Waals surface area contributed by atoms with Crippen LogP contribution in [-0.2, 0) is 6.54 Å². The van der Waals surface area contributed by atoms with Gasteiger partial charge in [-0.3, -0.25) is 0 Å². The fraction of sp³-hybridized carbons (Fsp3) is 0.435. The Bertz CT molecular complexity index is 871. The Kier molecular flexibility index (Phi) is 8.64. The third-order valence-corrected chi connectivity index (χ3v) is 4.90. The van der Waals surface area contributed by atoms with E-state index >= 15 is 0 Å². The van der Waals surface area contributed by atoms with E-state index in [9.17, 15) is 0 Å². The first kappa shape index (κ1) is 24.1. The highest BCUT2D eigenvalue weighted by Crippen LogP contribution is 2.39. The highest BCUT2D eigenvalue weighted by atomic mass is 127. The van der Waals surface area contributed by atoms with Crippen molar-refractivity contribution >= 4 is 29.9 Å². The number of hydrogen-bond donors (Lipinski definition) is 2. The molecule has 1 unspecified atom stereocenters. The largest absolute Gasteiger partial charge is 0.493 e. The maximum absolute atomic E-state index is 6.14. The summed E-state index contributed by atoms with van der Waals surface area (Å²) in [5, 5.41) is 6.94. The number of ether oxygens (including phenoxy) is 3. The lowest BCUT2D eigenvalue weighted by atomic mass is 9.90. The van der Waals surface area contributed by atoms with Gasteiger partial charge in [0.2, 0.25) is 0 Å². The normalized spacial score (nSPS) is 17.1. The molecule has 0 aliphatic carbocycles. The van der Waals surface area contributed by atoms with Crippen molar-refractivity contribution in [2.75, 3.05) is 20.8 Å². The molecule has 2 aromatic rings. The van der Waals surface area contributed by atoms with Crippen LogP contribution in [0.1, 0.15) is 44.4 Å². The molecule has 1 heterocycles. The molecular formula is C23H32IN3O3. The summed E-state index contributed by atoms with van der Waals surface area (Å²) >= 11 is 0. The zero-order chi connectivity index (χ0) is 20.9. The number of rotatable bonds is 6. The summed E-state index contributed by atoms with van der Waals surface area (Å²) in [6.07, 6.45) is 0.852. The molecule has 7 heteroatoms. The van der Waals surface area contributed by atoms with Gasteiger partial charge in [-0.15, -0.1) is 24.0 Å². The number of fused-ring (bicyclic) bond motifs is 1. The van der Waals surface area contributed by atoms with Crippen molar-refractivity contribution in [3.8, 4) is 17.2 Å². The molecule has 0 saturated carbocycles. The van der Waals surface area contributed by atoms with Crippen molar-refractivity contribution in [2.24, 2.45) is 4.99 Å². The van der Waals surface area contributed by atoms with Gasteiger partial charge in [0, 0.05) is 18.5 Å². The fourth-order valence-electron chi connectivity index (χ4n) is 3.57. The number of halogens is 1. The Morgan fingerprint density at radius 3 is 2.57 bits per heavy atom. The average Bonchev–Trinajstić information content (AvgIpc) is 2.71. The first-order valence-corrected chi connectivity index (χ1v) is 9.99. The lowest BCUT2D eigenvalue weighted by Crippen LogP contribution is -2.45. The molecule has 0 fully saturated rings. The third-order valence-electron chi connectivity index (χ3n) is 4.90. The molecule has 0 aromatic heterocycles. The highest BCUT2D eigenvalue weighted by Gasteiger charge is 2.33. The first-order chi connectivity index (χ1) is 14.0. The second-order valence-corrected chi connectivity index (χ2v) is 7.69. The van der Waals surface area contributed by atoms with Crippen molar-refractivity contribution < 1.29 is 14.2 Å². The van der Waals surface area contributed by atoms with Gasteiger partial charge in [0.25, 0.3) is 0 Å². The molecule has 1 aliphatic rings. The smallest absolute Gasteiger partial charge is 0.192 e. The summed E-state index contributed by atoms with van der Waals surface area (Å²) in [6, 6.07) is 14.2. The number of para-hydroxylation sites is 1. The van der Waals surface area contributed by atoms with Crippen LogP contribution in [0.2, 0.25) is 0 Å². The zero-order valence-electron chi connectivity index (χ0n) is 18.3. The minimum atomic E-state index is -0.243. The molecule has 0 saturated heterocycles. The van der Waals surface area contributed by atoms with Gasteiger partial charge in [0.1, 0.15) is 11.4 Å². The van der Waals surface area contributed by atoms with E-state index in [-0.39, 0.29) is 35.6 Å². The van der Waals surface area contributed by atoms with Crippen LogP contribution in [0.5, 0.6) is 17.2 Å². The summed E-state index contributed by atoms with van der Waals surface area (Å²) < 4.78 is 16.8. The second-order valence-electron chi connectivity index (χ2n) is 7.69. The molecule has 6 nitrogen and oxygen atoms in total. The van der Waals surface area contributed by atoms with Crippen LogP contribution in [0.15, 0.2) is 47.5 Å². The maximum atomic E-state index is 6.14. The second kappa shape index (κ2) is 10.7. The van der Waals surface area contributed by atoms with Gasteiger partial charge < -0.3 is 24.8 Å². The van der Waals surface area contributed by atoms with E-state index in [1.165, 1.54) is 0 Å². The summed E-state index contributed by atoms with van der Waals surface area (Å²) in [5.41, 5.74) is 1.96. The Balaban J connectivity index is 0.00000320. The molecule has 0 radical (unpaired) electrons. The van der Waals surface area contributed by atoms with Crippen LogP contribution >= 0.6 is 24.0 Å². The average molecular weight is 525 g/mol. The van der Waals surface area contributed by atoms with E-state index in [0.29, 0.717) is 18.0 Å². The molecule has 3 rings (SSSR count). The van der Waals surface area contributed by atoms with Crippen molar-refractivity contribution in [1.82, 2.24) is 10.6 Å². The highest BCUT2D eigenvalue weighted by molar-refractivity contribution is 14.0. The molecule has 30 heavy (non-hydrogen) atoms. The van der Waals surface area contributed by atoms with Crippen LogP contribution in [0, 0.1) is 0 Å². The van der Waals surface area contributed by atoms with Gasteiger partial charge in [-0.05, 0) is 44.5 Å². The number of benzene rings is 2. The van der Waals surface area contributed by atoms with Crippen molar-refractivity contribution in [1.29, 1.82) is 0 Å². The number of hydrogen-bond acceptors (Lipinski definition) is 4. The zero-order valence-corrected chi connectivity index (χ0v) is 20.7. The Morgan fingerprint density at radius 1 is 1.13 bits per heavy atom. The van der Waals surface area contributed by atoms with E-state index in [0.717, 1.165) is 35.8 Å². The summed E-state index contributed by atoms with van der Waals surface area (Å²) in [5.74, 6) is 3.13. The van der Waals surface area contributed by atoms with E-state index in [1.54, 1.807) is 14.2 Å². The topological polar surface area (TPSA) is 64.1 Å². The molecule has 1 aliphatic heterocycles. The van der Waals surface area contributed by atoms with Crippen LogP contribution < -0.4 is 24.8 Å². The SMILES string of the molecule is CCNC(=NCc1ccc(OC)c(OC)c1)NC1CC(C)(C)Oc2ccccc21.I. The van der Waals surface area contributed by atoms with Gasteiger partial charge in [-0.25, -0.2) is 4.99 Å². The van der Waals surface area contributed by atoms with Crippen LogP contribution in [0.3, 0.4) is 0 Å². The van der Waals surface area contributed by atoms with Crippen LogP contribution in [0.25, 0.3) is 0 Å². The lowest BCUT2D eigenvalue weighted by Gasteiger charge is -2.38. The molecule has 2 N–H and O–H groups in total. The minimum absolute atomic E-state index is 0. The molecule has 164 valence electrons. The standard InChI is InChI=1S/C23H31N3O3.HI/c1-6-24-22(25-15-16-11-12-20(27-4)21(13-16)28-5)26-18-14-23(2,3)29-19-10-8-7-9-17(18)19;/h7-13,18H,6,14-15H2,1-5H3,(H2,24,25,26);1H. The van der Waals surface area contributed by atoms with Crippen LogP contribution in [0.4, 0.5) is 0 Å². The maximum Gasteiger partial charge on any atom is 0.192 e. The van der Waals surface area contributed by atoms with Crippen LogP contribution in [-0.4, -0.2) is 32.3 Å². The van der Waals surface area contributed by atoms with E-state index in [4.69, 9.17) is 19.2 Å². The molecule has 1 atom stereocenters. The quantitative estimate of drug-likeness (QED) is 0.326. The monoisotopic (exact) mass is 525 g/mol. The molecule has 0 spiro atoms. The van der Waals surface area contributed by atoms with Crippen molar-refractivity contribution in [3.63, 3.8) is 0 Å². The van der Waals surface area contributed by atoms with Gasteiger partial charge in [-0.1, -0.05) is 24.3 Å². The van der Waals surface area contributed by atoms with Crippen molar-refractivity contribution in [3.05, 3.63) is 53.6 Å². The molecule has 0 bridgehead atoms. The minimum Gasteiger partial charge on any atom is -0.493 e. The summed E-state index contributed by atoms with van der Waals surface area (Å²) in [6.45, 7) is 7.61. The number of aliphatic imine (C=N–C) groups is 1. The Hall–Kier alpha value is -2.16. The Labute approximate surface area is 196 Å². The molecule has 2 aromatic carbocycles. The third kappa shape index (κ3) is 5.93. The Morgan fingerprint density at radius 2 is 1.87 bits per heavy atom. The summed E-state index contributed by atoms with van der Waals surface area (Å²) in [4.78, 5) is 4.79. The predicted octanol–water partition coefficient (Wildman–Crippen LogP) is 4.68.